The first-order chi connectivity index (χ1) is 6.42. The Bertz CT molecular complexity index is 262. The molecule has 1 N–H and O–H groups in total. The molecule has 0 unspecified atom stereocenters. The summed E-state index contributed by atoms with van der Waals surface area (Å²) in [5.41, 5.74) is 0. The van der Waals surface area contributed by atoms with Crippen molar-refractivity contribution in [2.45, 2.75) is 32.2 Å². The highest BCUT2D eigenvalue weighted by atomic mass is 15.3. The largest absolute Gasteiger partial charge is 0.316 e. The van der Waals surface area contributed by atoms with Crippen molar-refractivity contribution in [1.29, 1.82) is 0 Å². The van der Waals surface area contributed by atoms with Crippen LogP contribution < -0.4 is 5.32 Å². The highest BCUT2D eigenvalue weighted by Crippen LogP contribution is 2.20. The second kappa shape index (κ2) is 3.87. The van der Waals surface area contributed by atoms with Gasteiger partial charge in [0, 0.05) is 19.0 Å². The summed E-state index contributed by atoms with van der Waals surface area (Å²) in [4.78, 5) is 4.32. The van der Waals surface area contributed by atoms with E-state index in [0.717, 1.165) is 25.5 Å². The Morgan fingerprint density at radius 2 is 2.62 bits per heavy atom. The molecule has 13 heavy (non-hydrogen) atoms. The van der Waals surface area contributed by atoms with Crippen molar-refractivity contribution in [3.8, 4) is 0 Å². The Labute approximate surface area is 78.4 Å². The molecule has 4 nitrogen and oxygen atoms in total. The summed E-state index contributed by atoms with van der Waals surface area (Å²) < 4.78 is 2.00. The van der Waals surface area contributed by atoms with Gasteiger partial charge >= 0.3 is 0 Å². The molecule has 1 atom stereocenters. The number of hydrogen-bond acceptors (Lipinski definition) is 3. The van der Waals surface area contributed by atoms with Gasteiger partial charge in [-0.2, -0.15) is 5.10 Å². The Hall–Kier alpha value is -0.900. The zero-order valence-electron chi connectivity index (χ0n) is 8.03. The molecule has 1 aromatic heterocycles. The fourth-order valence-corrected chi connectivity index (χ4v) is 1.91. The first-order valence-corrected chi connectivity index (χ1v) is 5.00. The molecule has 4 heteroatoms. The molecule has 0 aliphatic carbocycles. The number of piperidine rings is 1. The molecule has 1 fully saturated rings. The maximum Gasteiger partial charge on any atom is 0.138 e. The number of aromatic nitrogens is 3. The van der Waals surface area contributed by atoms with Gasteiger partial charge in [-0.25, -0.2) is 4.98 Å². The lowest BCUT2D eigenvalue weighted by molar-refractivity contribution is 0.426. The van der Waals surface area contributed by atoms with Crippen LogP contribution in [0.15, 0.2) is 6.33 Å². The third-order valence-electron chi connectivity index (χ3n) is 2.61. The summed E-state index contributed by atoms with van der Waals surface area (Å²) in [6, 6.07) is 0. The molecule has 1 aliphatic heterocycles. The van der Waals surface area contributed by atoms with E-state index < -0.39 is 0 Å². The van der Waals surface area contributed by atoms with E-state index in [4.69, 9.17) is 0 Å². The average molecular weight is 180 g/mol. The lowest BCUT2D eigenvalue weighted by atomic mass is 9.99. The number of nitrogens with zero attached hydrogens (tertiary/aromatic N) is 3. The summed E-state index contributed by atoms with van der Waals surface area (Å²) in [7, 11) is 0. The summed E-state index contributed by atoms with van der Waals surface area (Å²) >= 11 is 0. The van der Waals surface area contributed by atoms with Crippen LogP contribution >= 0.6 is 0 Å². The number of nitrogens with one attached hydrogen (secondary N) is 1. The fraction of sp³-hybridized carbons (Fsp3) is 0.778. The number of rotatable bonds is 2. The quantitative estimate of drug-likeness (QED) is 0.731. The van der Waals surface area contributed by atoms with Gasteiger partial charge in [-0.05, 0) is 26.3 Å². The van der Waals surface area contributed by atoms with Crippen molar-refractivity contribution in [3.63, 3.8) is 0 Å². The van der Waals surface area contributed by atoms with Crippen molar-refractivity contribution in [3.05, 3.63) is 12.2 Å². The molecule has 0 saturated carbocycles. The molecule has 0 spiro atoms. The molecular formula is C9H16N4. The third-order valence-corrected chi connectivity index (χ3v) is 2.61. The summed E-state index contributed by atoms with van der Waals surface area (Å²) in [5.74, 6) is 1.71. The standard InChI is InChI=1S/C9H16N4/c1-2-13-9(11-7-12-13)8-4-3-5-10-6-8/h7-8,10H,2-6H2,1H3/t8-/m0/s1. The zero-order chi connectivity index (χ0) is 9.10. The van der Waals surface area contributed by atoms with Crippen LogP contribution in [0.25, 0.3) is 0 Å². The van der Waals surface area contributed by atoms with E-state index in [2.05, 4.69) is 22.3 Å². The van der Waals surface area contributed by atoms with Gasteiger partial charge in [-0.15, -0.1) is 0 Å². The number of aryl methyl sites for hydroxylation is 1. The first kappa shape index (κ1) is 8.69. The van der Waals surface area contributed by atoms with Crippen LogP contribution in [0.3, 0.4) is 0 Å². The van der Waals surface area contributed by atoms with Gasteiger partial charge in [0.2, 0.25) is 0 Å². The van der Waals surface area contributed by atoms with Gasteiger partial charge in [0.05, 0.1) is 0 Å². The van der Waals surface area contributed by atoms with Gasteiger partial charge in [-0.1, -0.05) is 0 Å². The van der Waals surface area contributed by atoms with Crippen LogP contribution in [-0.2, 0) is 6.54 Å². The minimum Gasteiger partial charge on any atom is -0.316 e. The van der Waals surface area contributed by atoms with Gasteiger partial charge < -0.3 is 5.32 Å². The van der Waals surface area contributed by atoms with Crippen LogP contribution in [0.5, 0.6) is 0 Å². The Morgan fingerprint density at radius 1 is 1.69 bits per heavy atom. The molecule has 1 aromatic rings. The summed E-state index contributed by atoms with van der Waals surface area (Å²) in [6.45, 7) is 5.23. The van der Waals surface area contributed by atoms with Gasteiger partial charge in [-0.3, -0.25) is 4.68 Å². The normalized spacial score (nSPS) is 23.3. The molecule has 72 valence electrons. The second-order valence-electron chi connectivity index (χ2n) is 3.48. The van der Waals surface area contributed by atoms with E-state index in [0.29, 0.717) is 5.92 Å². The summed E-state index contributed by atoms with van der Waals surface area (Å²) in [5, 5.41) is 7.58. The van der Waals surface area contributed by atoms with Crippen LogP contribution in [0.2, 0.25) is 0 Å². The SMILES string of the molecule is CCn1ncnc1[C@H]1CCCNC1. The van der Waals surface area contributed by atoms with Gasteiger partial charge in [0.1, 0.15) is 12.2 Å². The predicted octanol–water partition coefficient (Wildman–Crippen LogP) is 0.765. The second-order valence-corrected chi connectivity index (χ2v) is 3.48. The topological polar surface area (TPSA) is 42.7 Å². The van der Waals surface area contributed by atoms with Crippen molar-refractivity contribution >= 4 is 0 Å². The highest BCUT2D eigenvalue weighted by molar-refractivity contribution is 4.98. The first-order valence-electron chi connectivity index (χ1n) is 5.00. The molecule has 1 aliphatic rings. The van der Waals surface area contributed by atoms with Crippen molar-refractivity contribution in [2.75, 3.05) is 13.1 Å². The Morgan fingerprint density at radius 3 is 3.31 bits per heavy atom. The molecule has 0 aromatic carbocycles. The van der Waals surface area contributed by atoms with Crippen LogP contribution in [0, 0.1) is 0 Å². The predicted molar refractivity (Wildman–Crippen MR) is 50.5 cm³/mol. The smallest absolute Gasteiger partial charge is 0.138 e. The molecule has 0 bridgehead atoms. The van der Waals surface area contributed by atoms with Crippen LogP contribution in [0.1, 0.15) is 31.5 Å². The fourth-order valence-electron chi connectivity index (χ4n) is 1.91. The third kappa shape index (κ3) is 1.72. The Kier molecular flexibility index (Phi) is 2.59. The molecule has 2 heterocycles. The lowest BCUT2D eigenvalue weighted by Gasteiger charge is -2.21. The van der Waals surface area contributed by atoms with E-state index in [1.807, 2.05) is 4.68 Å². The zero-order valence-corrected chi connectivity index (χ0v) is 8.03. The Balaban J connectivity index is 2.13. The monoisotopic (exact) mass is 180 g/mol. The van der Waals surface area contributed by atoms with Gasteiger partial charge in [0.15, 0.2) is 0 Å². The van der Waals surface area contributed by atoms with Gasteiger partial charge in [0.25, 0.3) is 0 Å². The molecule has 0 radical (unpaired) electrons. The van der Waals surface area contributed by atoms with Crippen molar-refractivity contribution < 1.29 is 0 Å². The lowest BCUT2D eigenvalue weighted by Crippen LogP contribution is -2.30. The molecule has 0 amide bonds. The maximum atomic E-state index is 4.32. The van der Waals surface area contributed by atoms with E-state index in [1.165, 1.54) is 12.8 Å². The van der Waals surface area contributed by atoms with E-state index >= 15 is 0 Å². The van der Waals surface area contributed by atoms with Crippen LogP contribution in [-0.4, -0.2) is 27.9 Å². The van der Waals surface area contributed by atoms with E-state index in [9.17, 15) is 0 Å². The van der Waals surface area contributed by atoms with E-state index in [-0.39, 0.29) is 0 Å². The highest BCUT2D eigenvalue weighted by Gasteiger charge is 2.19. The molecular weight excluding hydrogens is 164 g/mol. The summed E-state index contributed by atoms with van der Waals surface area (Å²) in [6.07, 6.45) is 4.15. The minimum absolute atomic E-state index is 0.566. The maximum absolute atomic E-state index is 4.32. The minimum atomic E-state index is 0.566. The number of hydrogen-bond donors (Lipinski definition) is 1. The van der Waals surface area contributed by atoms with Crippen LogP contribution in [0.4, 0.5) is 0 Å². The molecule has 1 saturated heterocycles. The van der Waals surface area contributed by atoms with E-state index in [1.54, 1.807) is 6.33 Å². The molecule has 2 rings (SSSR count). The average Bonchev–Trinajstić information content (AvgIpc) is 2.67. The van der Waals surface area contributed by atoms with Crippen molar-refractivity contribution in [1.82, 2.24) is 20.1 Å². The van der Waals surface area contributed by atoms with Crippen molar-refractivity contribution in [2.24, 2.45) is 0 Å².